The molecule has 0 atom stereocenters. The van der Waals surface area contributed by atoms with Crippen molar-refractivity contribution in [3.63, 3.8) is 0 Å². The van der Waals surface area contributed by atoms with Crippen LogP contribution in [0.3, 0.4) is 0 Å². The third-order valence-corrected chi connectivity index (χ3v) is 4.28. The van der Waals surface area contributed by atoms with Crippen LogP contribution in [0.15, 0.2) is 54.7 Å². The predicted octanol–water partition coefficient (Wildman–Crippen LogP) is 2.51. The standard InChI is InChI=1S/C20H17ClN4O2/c1-24-18-9-14(4-2-13(18)11-22)27-15-6-7-25-19(10-15)12-3-5-16(20(23)26)17(21)8-12/h2-11,22,24H,1H3,(H2,23,26)/p+1. The molecule has 0 spiro atoms. The van der Waals surface area contributed by atoms with Crippen molar-refractivity contribution in [2.45, 2.75) is 0 Å². The second-order valence-corrected chi connectivity index (χ2v) is 6.11. The summed E-state index contributed by atoms with van der Waals surface area (Å²) >= 11 is 6.13. The van der Waals surface area contributed by atoms with Crippen LogP contribution < -0.4 is 21.2 Å². The van der Waals surface area contributed by atoms with Crippen LogP contribution in [0.1, 0.15) is 15.9 Å². The van der Waals surface area contributed by atoms with Crippen molar-refractivity contribution in [1.29, 1.82) is 0 Å². The predicted molar refractivity (Wildman–Crippen MR) is 106 cm³/mol. The van der Waals surface area contributed by atoms with Gasteiger partial charge < -0.3 is 15.8 Å². The van der Waals surface area contributed by atoms with Crippen LogP contribution in [0.25, 0.3) is 11.3 Å². The second-order valence-electron chi connectivity index (χ2n) is 5.70. The van der Waals surface area contributed by atoms with E-state index in [4.69, 9.17) is 27.5 Å². The molecule has 0 bridgehead atoms. The monoisotopic (exact) mass is 381 g/mol. The molecule has 0 saturated carbocycles. The number of anilines is 1. The average molecular weight is 382 g/mol. The smallest absolute Gasteiger partial charge is 0.250 e. The highest BCUT2D eigenvalue weighted by Crippen LogP contribution is 2.30. The summed E-state index contributed by atoms with van der Waals surface area (Å²) < 4.78 is 5.93. The number of benzene rings is 2. The summed E-state index contributed by atoms with van der Waals surface area (Å²) in [6.45, 7) is 0. The highest BCUT2D eigenvalue weighted by Gasteiger charge is 2.10. The Hall–Kier alpha value is -3.38. The Morgan fingerprint density at radius 1 is 1.19 bits per heavy atom. The number of rotatable bonds is 6. The van der Waals surface area contributed by atoms with Crippen molar-refractivity contribution in [1.82, 2.24) is 4.98 Å². The number of hydrogen-bond acceptors (Lipinski definition) is 4. The van der Waals surface area contributed by atoms with Crippen LogP contribution in [0.4, 0.5) is 5.69 Å². The minimum atomic E-state index is -0.574. The molecule has 3 aromatic rings. The normalized spacial score (nSPS) is 10.3. The summed E-state index contributed by atoms with van der Waals surface area (Å²) in [5, 5.41) is 8.95. The van der Waals surface area contributed by atoms with E-state index in [1.54, 1.807) is 36.5 Å². The zero-order chi connectivity index (χ0) is 19.4. The Morgan fingerprint density at radius 2 is 1.96 bits per heavy atom. The lowest BCUT2D eigenvalue weighted by molar-refractivity contribution is -0.104. The maximum Gasteiger partial charge on any atom is 0.250 e. The zero-order valence-electron chi connectivity index (χ0n) is 14.6. The van der Waals surface area contributed by atoms with Crippen molar-refractivity contribution in [2.24, 2.45) is 5.73 Å². The fourth-order valence-corrected chi connectivity index (χ4v) is 2.88. The molecule has 1 heterocycles. The minimum Gasteiger partial charge on any atom is -0.457 e. The number of hydrogen-bond donors (Lipinski definition) is 3. The fourth-order valence-electron chi connectivity index (χ4n) is 2.60. The van der Waals surface area contributed by atoms with E-state index in [0.717, 1.165) is 16.8 Å². The SMILES string of the molecule is CNc1cc(Oc2ccnc(-c3ccc(C(N)=O)c(Cl)c3)c2)ccc1C=[NH2+]. The molecule has 0 aliphatic carbocycles. The summed E-state index contributed by atoms with van der Waals surface area (Å²) in [5.74, 6) is 0.695. The molecule has 0 fully saturated rings. The number of nitrogens with one attached hydrogen (secondary N) is 1. The van der Waals surface area contributed by atoms with Crippen LogP contribution in [0.5, 0.6) is 11.5 Å². The maximum atomic E-state index is 11.3. The van der Waals surface area contributed by atoms with Crippen molar-refractivity contribution < 1.29 is 14.9 Å². The Balaban J connectivity index is 1.89. The fraction of sp³-hybridized carbons (Fsp3) is 0.0500. The number of carbonyl (C=O) groups excluding carboxylic acids is 1. The van der Waals surface area contributed by atoms with Gasteiger partial charge in [-0.05, 0) is 30.3 Å². The molecule has 0 aliphatic rings. The van der Waals surface area contributed by atoms with Crippen LogP contribution in [-0.4, -0.2) is 24.2 Å². The molecule has 3 rings (SSSR count). The second kappa shape index (κ2) is 7.88. The highest BCUT2D eigenvalue weighted by atomic mass is 35.5. The summed E-state index contributed by atoms with van der Waals surface area (Å²) in [7, 11) is 1.82. The molecule has 0 radical (unpaired) electrons. The van der Waals surface area contributed by atoms with Gasteiger partial charge in [0.15, 0.2) is 6.21 Å². The van der Waals surface area contributed by atoms with E-state index in [1.807, 2.05) is 25.2 Å². The van der Waals surface area contributed by atoms with E-state index in [9.17, 15) is 4.79 Å². The third kappa shape index (κ3) is 4.07. The van der Waals surface area contributed by atoms with Gasteiger partial charge in [0, 0.05) is 30.9 Å². The molecule has 136 valence electrons. The number of amides is 1. The summed E-state index contributed by atoms with van der Waals surface area (Å²) in [5.41, 5.74) is 8.70. The lowest BCUT2D eigenvalue weighted by atomic mass is 10.1. The van der Waals surface area contributed by atoms with Gasteiger partial charge in [0.2, 0.25) is 5.91 Å². The average Bonchev–Trinajstić information content (AvgIpc) is 2.67. The van der Waals surface area contributed by atoms with Crippen LogP contribution in [0, 0.1) is 0 Å². The van der Waals surface area contributed by atoms with Crippen molar-refractivity contribution in [2.75, 3.05) is 12.4 Å². The van der Waals surface area contributed by atoms with Crippen molar-refractivity contribution >= 4 is 29.4 Å². The van der Waals surface area contributed by atoms with Gasteiger partial charge in [-0.15, -0.1) is 0 Å². The number of carbonyl (C=O) groups is 1. The van der Waals surface area contributed by atoms with Gasteiger partial charge in [-0.25, -0.2) is 0 Å². The van der Waals surface area contributed by atoms with Crippen molar-refractivity contribution in [3.8, 4) is 22.8 Å². The Kier molecular flexibility index (Phi) is 5.38. The third-order valence-electron chi connectivity index (χ3n) is 3.97. The largest absolute Gasteiger partial charge is 0.457 e. The quantitative estimate of drug-likeness (QED) is 0.571. The van der Waals surface area contributed by atoms with Gasteiger partial charge >= 0.3 is 0 Å². The van der Waals surface area contributed by atoms with Crippen molar-refractivity contribution in [3.05, 3.63) is 70.9 Å². The molecule has 1 aromatic heterocycles. The molecule has 6 nitrogen and oxygen atoms in total. The molecule has 2 aromatic carbocycles. The van der Waals surface area contributed by atoms with Gasteiger partial charge in [-0.2, -0.15) is 0 Å². The molecular weight excluding hydrogens is 364 g/mol. The van der Waals surface area contributed by atoms with Gasteiger partial charge in [0.1, 0.15) is 11.5 Å². The summed E-state index contributed by atoms with van der Waals surface area (Å²) in [6, 6.07) is 14.1. The molecule has 27 heavy (non-hydrogen) atoms. The number of ether oxygens (including phenoxy) is 1. The number of nitrogens with two attached hydrogens (primary N) is 2. The summed E-state index contributed by atoms with van der Waals surface area (Å²) in [6.07, 6.45) is 3.17. The lowest BCUT2D eigenvalue weighted by Crippen LogP contribution is -2.30. The van der Waals surface area contributed by atoms with Gasteiger partial charge in [-0.3, -0.25) is 15.2 Å². The topological polar surface area (TPSA) is 103 Å². The van der Waals surface area contributed by atoms with E-state index < -0.39 is 5.91 Å². The molecular formula is C20H18ClN4O2+. The van der Waals surface area contributed by atoms with Crippen LogP contribution in [-0.2, 0) is 0 Å². The first-order valence-electron chi connectivity index (χ1n) is 8.12. The molecule has 0 aliphatic heterocycles. The van der Waals surface area contributed by atoms with Crippen LogP contribution >= 0.6 is 11.6 Å². The molecule has 0 unspecified atom stereocenters. The molecule has 1 amide bonds. The number of primary amides is 1. The van der Waals surface area contributed by atoms with E-state index in [0.29, 0.717) is 17.2 Å². The first kappa shape index (κ1) is 18.4. The number of nitrogens with zero attached hydrogens (tertiary/aromatic N) is 1. The number of pyridine rings is 1. The van der Waals surface area contributed by atoms with E-state index in [-0.39, 0.29) is 10.6 Å². The molecule has 7 heteroatoms. The van der Waals surface area contributed by atoms with Gasteiger partial charge in [0.25, 0.3) is 0 Å². The molecule has 5 N–H and O–H groups in total. The number of aromatic nitrogens is 1. The summed E-state index contributed by atoms with van der Waals surface area (Å²) in [4.78, 5) is 15.7. The first-order valence-corrected chi connectivity index (χ1v) is 8.50. The van der Waals surface area contributed by atoms with E-state index >= 15 is 0 Å². The van der Waals surface area contributed by atoms with E-state index in [2.05, 4.69) is 10.3 Å². The van der Waals surface area contributed by atoms with Gasteiger partial charge in [-0.1, -0.05) is 17.7 Å². The zero-order valence-corrected chi connectivity index (χ0v) is 15.3. The lowest BCUT2D eigenvalue weighted by Gasteiger charge is -2.10. The minimum absolute atomic E-state index is 0.268. The Labute approximate surface area is 161 Å². The first-order chi connectivity index (χ1) is 13.0. The van der Waals surface area contributed by atoms with Crippen LogP contribution in [0.2, 0.25) is 5.02 Å². The maximum absolute atomic E-state index is 11.3. The number of halogens is 1. The van der Waals surface area contributed by atoms with Gasteiger partial charge in [0.05, 0.1) is 27.5 Å². The van der Waals surface area contributed by atoms with E-state index in [1.165, 1.54) is 6.21 Å². The highest BCUT2D eigenvalue weighted by molar-refractivity contribution is 6.34. The Morgan fingerprint density at radius 3 is 2.63 bits per heavy atom. The Bertz CT molecular complexity index is 1020. The molecule has 0 saturated heterocycles.